The zero-order chi connectivity index (χ0) is 30.6. The van der Waals surface area contributed by atoms with Crippen molar-refractivity contribution in [2.75, 3.05) is 33.3 Å². The lowest BCUT2D eigenvalue weighted by Gasteiger charge is -2.29. The minimum atomic E-state index is -0.673. The van der Waals surface area contributed by atoms with Gasteiger partial charge in [-0.15, -0.1) is 5.92 Å². The molecule has 0 radical (unpaired) electrons. The largest absolute Gasteiger partial charge is 0.508 e. The molecule has 1 aromatic rings. The lowest BCUT2D eigenvalue weighted by molar-refractivity contribution is -0.139. The van der Waals surface area contributed by atoms with Crippen LogP contribution in [-0.2, 0) is 23.9 Å². The summed E-state index contributed by atoms with van der Waals surface area (Å²) in [4.78, 5) is 53.8. The number of esters is 2. The summed E-state index contributed by atoms with van der Waals surface area (Å²) < 4.78 is 16.0. The Morgan fingerprint density at radius 1 is 0.786 bits per heavy atom. The van der Waals surface area contributed by atoms with Crippen LogP contribution in [0.3, 0.4) is 0 Å². The van der Waals surface area contributed by atoms with Crippen LogP contribution in [0.2, 0.25) is 0 Å². The highest BCUT2D eigenvalue weighted by atomic mass is 16.5. The first-order valence-corrected chi connectivity index (χ1v) is 14.4. The Morgan fingerprint density at radius 3 is 1.81 bits per heavy atom. The van der Waals surface area contributed by atoms with Crippen molar-refractivity contribution in [2.45, 2.75) is 65.4 Å². The van der Waals surface area contributed by atoms with Crippen molar-refractivity contribution in [3.63, 3.8) is 0 Å². The van der Waals surface area contributed by atoms with Crippen LogP contribution in [0.15, 0.2) is 18.2 Å². The van der Waals surface area contributed by atoms with Crippen LogP contribution < -0.4 is 9.47 Å². The van der Waals surface area contributed by atoms with Gasteiger partial charge in [-0.05, 0) is 5.92 Å². The summed E-state index contributed by atoms with van der Waals surface area (Å²) in [5, 5.41) is 10.1. The van der Waals surface area contributed by atoms with E-state index in [1.54, 1.807) is 16.9 Å². The summed E-state index contributed by atoms with van der Waals surface area (Å²) in [6.07, 6.45) is 0.468. The maximum atomic E-state index is 12.8. The predicted molar refractivity (Wildman–Crippen MR) is 154 cm³/mol. The molecule has 10 heteroatoms. The van der Waals surface area contributed by atoms with Crippen molar-refractivity contribution < 1.29 is 38.5 Å². The van der Waals surface area contributed by atoms with Crippen LogP contribution in [0.5, 0.6) is 17.2 Å². The van der Waals surface area contributed by atoms with Gasteiger partial charge in [0.2, 0.25) is 11.8 Å². The molecular weight excluding hydrogens is 540 g/mol. The molecule has 42 heavy (non-hydrogen) atoms. The fraction of sp³-hybridized carbons (Fsp3) is 0.562. The molecule has 0 aliphatic carbocycles. The van der Waals surface area contributed by atoms with E-state index in [4.69, 9.17) is 14.2 Å². The first-order chi connectivity index (χ1) is 20.0. The Labute approximate surface area is 247 Å². The lowest BCUT2D eigenvalue weighted by atomic mass is 9.94. The maximum Gasteiger partial charge on any atom is 0.311 e. The minimum Gasteiger partial charge on any atom is -0.508 e. The molecule has 3 rings (SSSR count). The summed E-state index contributed by atoms with van der Waals surface area (Å²) in [5.41, 5.74) is 0. The SMILES string of the molecule is COC1C#CCCN(C(=O)CCC(=O)Oc2cc(O)cc(OC(=O)CCC(=O)N3CCC#C[C@H](C)[C@@H](C)C3)c2)CC1C. The van der Waals surface area contributed by atoms with Crippen LogP contribution >= 0.6 is 0 Å². The van der Waals surface area contributed by atoms with Gasteiger partial charge in [-0.2, -0.15) is 0 Å². The standard InChI is InChI=1S/C32H40N2O8/c1-22-9-5-7-15-33(20-23(22)2)29(36)11-13-31(38)41-26-17-25(35)18-27(19-26)42-32(39)14-12-30(37)34-16-8-6-10-28(40-4)24(3)21-34/h17-19,22-24,28,35H,7-8,11-16,20-21H2,1-4H3/t22-,23-,24?,28?/m0/s1. The van der Waals surface area contributed by atoms with Crippen LogP contribution in [-0.4, -0.2) is 78.1 Å². The second-order valence-corrected chi connectivity index (χ2v) is 10.8. The summed E-state index contributed by atoms with van der Waals surface area (Å²) in [7, 11) is 1.59. The van der Waals surface area contributed by atoms with Gasteiger partial charge in [-0.1, -0.05) is 38.5 Å². The average Bonchev–Trinajstić information content (AvgIpc) is 2.92. The number of nitrogens with zero attached hydrogens (tertiary/aromatic N) is 2. The van der Waals surface area contributed by atoms with Gasteiger partial charge in [0.1, 0.15) is 23.4 Å². The Kier molecular flexibility index (Phi) is 12.3. The van der Waals surface area contributed by atoms with Crippen LogP contribution in [0.4, 0.5) is 0 Å². The van der Waals surface area contributed by atoms with Crippen LogP contribution in [0, 0.1) is 41.4 Å². The smallest absolute Gasteiger partial charge is 0.311 e. The first-order valence-electron chi connectivity index (χ1n) is 14.4. The van der Waals surface area contributed by atoms with Crippen molar-refractivity contribution in [3.05, 3.63) is 18.2 Å². The molecule has 2 heterocycles. The second kappa shape index (κ2) is 15.8. The van der Waals surface area contributed by atoms with Crippen molar-refractivity contribution in [2.24, 2.45) is 17.8 Å². The molecule has 4 atom stereocenters. The van der Waals surface area contributed by atoms with Crippen molar-refractivity contribution in [1.82, 2.24) is 9.80 Å². The second-order valence-electron chi connectivity index (χ2n) is 10.8. The fourth-order valence-electron chi connectivity index (χ4n) is 4.72. The van der Waals surface area contributed by atoms with E-state index >= 15 is 0 Å². The highest BCUT2D eigenvalue weighted by molar-refractivity contribution is 5.83. The Morgan fingerprint density at radius 2 is 1.29 bits per heavy atom. The number of carbonyl (C=O) groups is 4. The van der Waals surface area contributed by atoms with Gasteiger partial charge >= 0.3 is 11.9 Å². The average molecular weight is 581 g/mol. The number of benzene rings is 1. The number of hydrogen-bond acceptors (Lipinski definition) is 8. The van der Waals surface area contributed by atoms with Crippen molar-refractivity contribution in [3.8, 4) is 40.9 Å². The molecule has 1 aromatic carbocycles. The molecule has 226 valence electrons. The summed E-state index contributed by atoms with van der Waals surface area (Å²) in [5.74, 6) is 10.8. The van der Waals surface area contributed by atoms with Gasteiger partial charge in [-0.25, -0.2) is 0 Å². The van der Waals surface area contributed by atoms with E-state index in [-0.39, 0.29) is 78.6 Å². The lowest BCUT2D eigenvalue weighted by Crippen LogP contribution is -2.40. The van der Waals surface area contributed by atoms with E-state index in [0.29, 0.717) is 39.0 Å². The van der Waals surface area contributed by atoms with Gasteiger partial charge < -0.3 is 29.1 Å². The summed E-state index contributed by atoms with van der Waals surface area (Å²) >= 11 is 0. The number of aromatic hydroxyl groups is 1. The van der Waals surface area contributed by atoms with Crippen LogP contribution in [0.1, 0.15) is 59.3 Å². The third-order valence-electron chi connectivity index (χ3n) is 7.35. The number of phenolic OH excluding ortho intramolecular Hbond substituents is 1. The van der Waals surface area contributed by atoms with Gasteiger partial charge in [0.25, 0.3) is 0 Å². The summed E-state index contributed by atoms with van der Waals surface area (Å²) in [6.45, 7) is 8.09. The number of amides is 2. The van der Waals surface area contributed by atoms with Gasteiger partial charge in [0.05, 0.1) is 12.8 Å². The quantitative estimate of drug-likeness (QED) is 0.269. The van der Waals surface area contributed by atoms with E-state index < -0.39 is 11.9 Å². The number of carbonyl (C=O) groups excluding carboxylic acids is 4. The van der Waals surface area contributed by atoms with E-state index in [2.05, 4.69) is 23.7 Å². The molecule has 0 aromatic heterocycles. The molecular formula is C32H40N2O8. The molecule has 0 bridgehead atoms. The third-order valence-corrected chi connectivity index (χ3v) is 7.35. The molecule has 0 saturated carbocycles. The minimum absolute atomic E-state index is 0.0173. The number of ether oxygens (including phenoxy) is 3. The molecule has 10 nitrogen and oxygen atoms in total. The fourth-order valence-corrected chi connectivity index (χ4v) is 4.72. The third kappa shape index (κ3) is 10.1. The summed E-state index contributed by atoms with van der Waals surface area (Å²) in [6, 6.07) is 3.71. The molecule has 0 fully saturated rings. The molecule has 0 saturated heterocycles. The number of rotatable bonds is 9. The predicted octanol–water partition coefficient (Wildman–Crippen LogP) is 3.16. The monoisotopic (exact) mass is 580 g/mol. The number of hydrogen-bond donors (Lipinski definition) is 1. The molecule has 1 N–H and O–H groups in total. The number of phenols is 1. The molecule has 2 aliphatic heterocycles. The number of methoxy groups -OCH3 is 1. The van der Waals surface area contributed by atoms with Crippen molar-refractivity contribution >= 4 is 23.8 Å². The Bertz CT molecular complexity index is 1270. The zero-order valence-electron chi connectivity index (χ0n) is 24.8. The normalized spacial score (nSPS) is 22.1. The van der Waals surface area contributed by atoms with E-state index in [1.807, 2.05) is 20.8 Å². The molecule has 2 unspecified atom stereocenters. The topological polar surface area (TPSA) is 123 Å². The van der Waals surface area contributed by atoms with Crippen molar-refractivity contribution in [1.29, 1.82) is 0 Å². The molecule has 0 spiro atoms. The van der Waals surface area contributed by atoms with E-state index in [9.17, 15) is 24.3 Å². The highest BCUT2D eigenvalue weighted by Gasteiger charge is 2.24. The van der Waals surface area contributed by atoms with Crippen LogP contribution in [0.25, 0.3) is 0 Å². The maximum absolute atomic E-state index is 12.8. The van der Waals surface area contributed by atoms with Gasteiger partial charge in [0.15, 0.2) is 0 Å². The van der Waals surface area contributed by atoms with E-state index in [0.717, 1.165) is 0 Å². The van der Waals surface area contributed by atoms with Gasteiger partial charge in [-0.3, -0.25) is 19.2 Å². The first kappa shape index (κ1) is 32.5. The Balaban J connectivity index is 1.48. The Hall–Kier alpha value is -4.02. The van der Waals surface area contributed by atoms with E-state index in [1.165, 1.54) is 18.2 Å². The van der Waals surface area contributed by atoms with Gasteiger partial charge in [0, 0.05) is 89.0 Å². The molecule has 2 amide bonds. The molecule has 2 aliphatic rings. The zero-order valence-corrected chi connectivity index (χ0v) is 24.8. The highest BCUT2D eigenvalue weighted by Crippen LogP contribution is 2.28.